The lowest BCUT2D eigenvalue weighted by Gasteiger charge is -2.32. The van der Waals surface area contributed by atoms with Crippen molar-refractivity contribution in [2.24, 2.45) is 11.1 Å². The number of rotatable bonds is 4. The molecule has 0 radical (unpaired) electrons. The highest BCUT2D eigenvalue weighted by Crippen LogP contribution is 2.38. The molecule has 1 heterocycles. The van der Waals surface area contributed by atoms with Gasteiger partial charge in [0.15, 0.2) is 0 Å². The Hall–Kier alpha value is -0.940. The molecule has 4 nitrogen and oxygen atoms in total. The van der Waals surface area contributed by atoms with Crippen molar-refractivity contribution in [2.45, 2.75) is 45.1 Å². The predicted molar refractivity (Wildman–Crippen MR) is 73.2 cm³/mol. The van der Waals surface area contributed by atoms with Gasteiger partial charge in [-0.05, 0) is 26.7 Å². The van der Waals surface area contributed by atoms with Crippen LogP contribution in [0, 0.1) is 5.41 Å². The highest BCUT2D eigenvalue weighted by atomic mass is 32.1. The fourth-order valence-electron chi connectivity index (χ4n) is 2.58. The standard InChI is InChI=1S/C13H21N3OS/c1-12(2,11-15-7-8-18-11)16-10(17)13(9-14)5-3-4-6-13/h7-8H,3-6,9,14H2,1-2H3,(H,16,17). The van der Waals surface area contributed by atoms with Crippen LogP contribution in [0.25, 0.3) is 0 Å². The quantitative estimate of drug-likeness (QED) is 0.877. The van der Waals surface area contributed by atoms with Gasteiger partial charge in [-0.25, -0.2) is 4.98 Å². The Morgan fingerprint density at radius 2 is 2.22 bits per heavy atom. The molecule has 5 heteroatoms. The van der Waals surface area contributed by atoms with E-state index < -0.39 is 5.54 Å². The first kappa shape index (κ1) is 13.5. The van der Waals surface area contributed by atoms with Gasteiger partial charge < -0.3 is 11.1 Å². The summed E-state index contributed by atoms with van der Waals surface area (Å²) in [6, 6.07) is 0. The van der Waals surface area contributed by atoms with Crippen LogP contribution in [0.2, 0.25) is 0 Å². The van der Waals surface area contributed by atoms with Gasteiger partial charge in [-0.2, -0.15) is 0 Å². The summed E-state index contributed by atoms with van der Waals surface area (Å²) in [4.78, 5) is 16.8. The van der Waals surface area contributed by atoms with E-state index in [1.807, 2.05) is 19.2 Å². The topological polar surface area (TPSA) is 68.0 Å². The van der Waals surface area contributed by atoms with Crippen molar-refractivity contribution in [2.75, 3.05) is 6.54 Å². The van der Waals surface area contributed by atoms with Gasteiger partial charge in [-0.1, -0.05) is 12.8 Å². The average molecular weight is 267 g/mol. The molecule has 0 saturated heterocycles. The smallest absolute Gasteiger partial charge is 0.228 e. The number of hydrogen-bond acceptors (Lipinski definition) is 4. The largest absolute Gasteiger partial charge is 0.344 e. The Kier molecular flexibility index (Phi) is 3.73. The Bertz CT molecular complexity index is 408. The van der Waals surface area contributed by atoms with E-state index in [1.165, 1.54) is 0 Å². The van der Waals surface area contributed by atoms with Crippen LogP contribution in [0.1, 0.15) is 44.5 Å². The summed E-state index contributed by atoms with van der Waals surface area (Å²) in [6.07, 6.45) is 5.78. The molecule has 1 amide bonds. The minimum atomic E-state index is -0.421. The second-order valence-electron chi connectivity index (χ2n) is 5.61. The highest BCUT2D eigenvalue weighted by molar-refractivity contribution is 7.09. The molecule has 1 aromatic rings. The number of nitrogens with two attached hydrogens (primary N) is 1. The van der Waals surface area contributed by atoms with Crippen molar-refractivity contribution >= 4 is 17.2 Å². The number of hydrogen-bond donors (Lipinski definition) is 2. The van der Waals surface area contributed by atoms with E-state index >= 15 is 0 Å². The first-order chi connectivity index (χ1) is 8.50. The molecule has 100 valence electrons. The van der Waals surface area contributed by atoms with Crippen LogP contribution in [0.3, 0.4) is 0 Å². The first-order valence-electron chi connectivity index (χ1n) is 6.43. The third-order valence-electron chi connectivity index (χ3n) is 3.83. The zero-order valence-electron chi connectivity index (χ0n) is 11.0. The number of amides is 1. The van der Waals surface area contributed by atoms with E-state index in [9.17, 15) is 4.79 Å². The fourth-order valence-corrected chi connectivity index (χ4v) is 3.30. The molecule has 18 heavy (non-hydrogen) atoms. The average Bonchev–Trinajstić information content (AvgIpc) is 3.01. The zero-order valence-corrected chi connectivity index (χ0v) is 11.8. The van der Waals surface area contributed by atoms with E-state index in [-0.39, 0.29) is 11.3 Å². The van der Waals surface area contributed by atoms with Crippen molar-refractivity contribution in [3.05, 3.63) is 16.6 Å². The van der Waals surface area contributed by atoms with Crippen LogP contribution < -0.4 is 11.1 Å². The van der Waals surface area contributed by atoms with Gasteiger partial charge >= 0.3 is 0 Å². The van der Waals surface area contributed by atoms with Crippen molar-refractivity contribution in [1.29, 1.82) is 0 Å². The Labute approximate surface area is 112 Å². The zero-order chi connectivity index (χ0) is 13.2. The second-order valence-corrected chi connectivity index (χ2v) is 6.50. The third-order valence-corrected chi connectivity index (χ3v) is 4.92. The molecular formula is C13H21N3OS. The molecule has 1 saturated carbocycles. The molecule has 0 bridgehead atoms. The highest BCUT2D eigenvalue weighted by Gasteiger charge is 2.42. The maximum absolute atomic E-state index is 12.5. The Morgan fingerprint density at radius 1 is 1.56 bits per heavy atom. The summed E-state index contributed by atoms with van der Waals surface area (Å²) >= 11 is 1.56. The van der Waals surface area contributed by atoms with Crippen molar-refractivity contribution in [1.82, 2.24) is 10.3 Å². The molecule has 0 unspecified atom stereocenters. The summed E-state index contributed by atoms with van der Waals surface area (Å²) in [5.41, 5.74) is 5.06. The molecule has 0 aromatic carbocycles. The van der Waals surface area contributed by atoms with Crippen molar-refractivity contribution in [3.8, 4) is 0 Å². The fraction of sp³-hybridized carbons (Fsp3) is 0.692. The summed E-state index contributed by atoms with van der Waals surface area (Å²) in [5.74, 6) is 0.0858. The summed E-state index contributed by atoms with van der Waals surface area (Å²) in [7, 11) is 0. The minimum Gasteiger partial charge on any atom is -0.344 e. The van der Waals surface area contributed by atoms with Crippen LogP contribution in [0.15, 0.2) is 11.6 Å². The van der Waals surface area contributed by atoms with Crippen molar-refractivity contribution < 1.29 is 4.79 Å². The molecule has 1 fully saturated rings. The van der Waals surface area contributed by atoms with Crippen LogP contribution in [-0.2, 0) is 10.3 Å². The van der Waals surface area contributed by atoms with Gasteiger partial charge in [0.05, 0.1) is 11.0 Å². The number of carbonyl (C=O) groups excluding carboxylic acids is 1. The summed E-state index contributed by atoms with van der Waals surface area (Å²) in [6.45, 7) is 4.42. The van der Waals surface area contributed by atoms with Crippen LogP contribution in [0.4, 0.5) is 0 Å². The lowest BCUT2D eigenvalue weighted by Crippen LogP contribution is -2.50. The van der Waals surface area contributed by atoms with Crippen LogP contribution >= 0.6 is 11.3 Å². The molecule has 3 N–H and O–H groups in total. The number of thiazole rings is 1. The SMILES string of the molecule is CC(C)(NC(=O)C1(CN)CCCC1)c1nccs1. The monoisotopic (exact) mass is 267 g/mol. The second kappa shape index (κ2) is 4.97. The van der Waals surface area contributed by atoms with E-state index in [2.05, 4.69) is 10.3 Å². The molecule has 2 rings (SSSR count). The van der Waals surface area contributed by atoms with Crippen LogP contribution in [-0.4, -0.2) is 17.4 Å². The lowest BCUT2D eigenvalue weighted by atomic mass is 9.84. The minimum absolute atomic E-state index is 0.0858. The van der Waals surface area contributed by atoms with E-state index in [0.29, 0.717) is 6.54 Å². The van der Waals surface area contributed by atoms with Gasteiger partial charge in [-0.15, -0.1) is 11.3 Å². The third kappa shape index (κ3) is 2.42. The van der Waals surface area contributed by atoms with E-state index in [0.717, 1.165) is 30.7 Å². The van der Waals surface area contributed by atoms with E-state index in [1.54, 1.807) is 17.5 Å². The number of nitrogens with zero attached hydrogens (tertiary/aromatic N) is 1. The number of carbonyl (C=O) groups is 1. The van der Waals surface area contributed by atoms with Gasteiger partial charge in [0, 0.05) is 18.1 Å². The first-order valence-corrected chi connectivity index (χ1v) is 7.31. The molecule has 1 aromatic heterocycles. The Balaban J connectivity index is 2.11. The molecule has 0 spiro atoms. The van der Waals surface area contributed by atoms with Gasteiger partial charge in [-0.3, -0.25) is 4.79 Å². The van der Waals surface area contributed by atoms with Gasteiger partial charge in [0.2, 0.25) is 5.91 Å². The normalized spacial score (nSPS) is 18.8. The molecule has 1 aliphatic rings. The van der Waals surface area contributed by atoms with E-state index in [4.69, 9.17) is 5.73 Å². The lowest BCUT2D eigenvalue weighted by molar-refractivity contribution is -0.132. The summed E-state index contributed by atoms with van der Waals surface area (Å²) in [5, 5.41) is 5.98. The molecular weight excluding hydrogens is 246 g/mol. The summed E-state index contributed by atoms with van der Waals surface area (Å²) < 4.78 is 0. The molecule has 0 aliphatic heterocycles. The van der Waals surface area contributed by atoms with Gasteiger partial charge in [0.25, 0.3) is 0 Å². The van der Waals surface area contributed by atoms with Crippen LogP contribution in [0.5, 0.6) is 0 Å². The van der Waals surface area contributed by atoms with Crippen molar-refractivity contribution in [3.63, 3.8) is 0 Å². The molecule has 0 atom stereocenters. The predicted octanol–water partition coefficient (Wildman–Crippen LogP) is 2.01. The number of nitrogens with one attached hydrogen (secondary N) is 1. The Morgan fingerprint density at radius 3 is 2.72 bits per heavy atom. The van der Waals surface area contributed by atoms with Gasteiger partial charge in [0.1, 0.15) is 5.01 Å². The maximum Gasteiger partial charge on any atom is 0.228 e. The maximum atomic E-state index is 12.5. The number of aromatic nitrogens is 1. The molecule has 1 aliphatic carbocycles.